The molecule has 0 aromatic rings. The summed E-state index contributed by atoms with van der Waals surface area (Å²) in [6.07, 6.45) is 6.48. The summed E-state index contributed by atoms with van der Waals surface area (Å²) in [5.41, 5.74) is 0. The molecular formula is C12H24BrNO3S. The van der Waals surface area contributed by atoms with E-state index in [1.165, 1.54) is 19.3 Å². The monoisotopic (exact) mass is 341 g/mol. The van der Waals surface area contributed by atoms with Gasteiger partial charge in [0, 0.05) is 18.5 Å². The molecule has 1 saturated carbocycles. The first-order valence-corrected chi connectivity index (χ1v) is 9.52. The summed E-state index contributed by atoms with van der Waals surface area (Å²) in [4.78, 5) is 0. The van der Waals surface area contributed by atoms with Gasteiger partial charge < -0.3 is 4.74 Å². The third kappa shape index (κ3) is 7.71. The lowest BCUT2D eigenvalue weighted by molar-refractivity contribution is 0.149. The smallest absolute Gasteiger partial charge is 0.211 e. The number of halogens is 1. The highest BCUT2D eigenvalue weighted by molar-refractivity contribution is 9.09. The molecule has 1 N–H and O–H groups in total. The van der Waals surface area contributed by atoms with Crippen LogP contribution >= 0.6 is 15.9 Å². The van der Waals surface area contributed by atoms with Crippen molar-refractivity contribution in [3.05, 3.63) is 0 Å². The highest BCUT2D eigenvalue weighted by atomic mass is 79.9. The van der Waals surface area contributed by atoms with E-state index in [0.29, 0.717) is 31.4 Å². The van der Waals surface area contributed by atoms with E-state index >= 15 is 0 Å². The first kappa shape index (κ1) is 16.4. The van der Waals surface area contributed by atoms with Gasteiger partial charge in [0.05, 0.1) is 12.4 Å². The van der Waals surface area contributed by atoms with Crippen LogP contribution in [0, 0.1) is 5.92 Å². The molecule has 1 aliphatic rings. The van der Waals surface area contributed by atoms with Crippen molar-refractivity contribution in [2.75, 3.05) is 30.8 Å². The van der Waals surface area contributed by atoms with E-state index in [4.69, 9.17) is 4.74 Å². The van der Waals surface area contributed by atoms with Crippen molar-refractivity contribution in [3.63, 3.8) is 0 Å². The van der Waals surface area contributed by atoms with Gasteiger partial charge in [-0.05, 0) is 25.2 Å². The molecule has 0 heterocycles. The van der Waals surface area contributed by atoms with Crippen LogP contribution in [0.15, 0.2) is 0 Å². The largest absolute Gasteiger partial charge is 0.381 e. The van der Waals surface area contributed by atoms with E-state index in [-0.39, 0.29) is 0 Å². The molecule has 0 aliphatic heterocycles. The van der Waals surface area contributed by atoms with Crippen molar-refractivity contribution >= 4 is 26.0 Å². The Morgan fingerprint density at radius 1 is 1.17 bits per heavy atom. The molecule has 0 radical (unpaired) electrons. The Morgan fingerprint density at radius 2 is 1.89 bits per heavy atom. The van der Waals surface area contributed by atoms with Crippen molar-refractivity contribution in [2.45, 2.75) is 38.5 Å². The maximum Gasteiger partial charge on any atom is 0.211 e. The van der Waals surface area contributed by atoms with E-state index in [1.54, 1.807) is 0 Å². The Bertz CT molecular complexity index is 302. The molecule has 1 rings (SSSR count). The van der Waals surface area contributed by atoms with Gasteiger partial charge in [-0.15, -0.1) is 0 Å². The number of alkyl halides is 1. The summed E-state index contributed by atoms with van der Waals surface area (Å²) < 4.78 is 31.6. The van der Waals surface area contributed by atoms with Gasteiger partial charge in [0.1, 0.15) is 0 Å². The van der Waals surface area contributed by atoms with E-state index < -0.39 is 10.0 Å². The first-order valence-electron chi connectivity index (χ1n) is 6.75. The van der Waals surface area contributed by atoms with Crippen molar-refractivity contribution in [1.82, 2.24) is 4.72 Å². The summed E-state index contributed by atoms with van der Waals surface area (Å²) in [6.45, 7) is 1.77. The molecule has 1 fully saturated rings. The molecule has 0 spiro atoms. The minimum absolute atomic E-state index is 0.301. The molecule has 0 unspecified atom stereocenters. The number of nitrogens with one attached hydrogen (secondary N) is 1. The molecule has 18 heavy (non-hydrogen) atoms. The van der Waals surface area contributed by atoms with Gasteiger partial charge >= 0.3 is 0 Å². The summed E-state index contributed by atoms with van der Waals surface area (Å²) >= 11 is 3.27. The Morgan fingerprint density at radius 3 is 2.56 bits per heavy atom. The lowest BCUT2D eigenvalue weighted by atomic mass is 9.91. The molecule has 0 atom stereocenters. The molecule has 0 bridgehead atoms. The third-order valence-electron chi connectivity index (χ3n) is 3.19. The van der Waals surface area contributed by atoms with Crippen molar-refractivity contribution in [3.8, 4) is 0 Å². The van der Waals surface area contributed by atoms with Crippen LogP contribution in [-0.2, 0) is 14.8 Å². The van der Waals surface area contributed by atoms with Crippen LogP contribution in [0.2, 0.25) is 0 Å². The molecule has 108 valence electrons. The average molecular weight is 342 g/mol. The third-order valence-corrected chi connectivity index (χ3v) is 5.07. The predicted molar refractivity (Wildman–Crippen MR) is 77.6 cm³/mol. The summed E-state index contributed by atoms with van der Waals surface area (Å²) in [6, 6.07) is 0. The molecule has 0 saturated heterocycles. The van der Waals surface area contributed by atoms with Gasteiger partial charge in [0.2, 0.25) is 10.0 Å². The summed E-state index contributed by atoms with van der Waals surface area (Å²) in [7, 11) is -3.09. The second-order valence-electron chi connectivity index (χ2n) is 4.83. The Balaban J connectivity index is 2.11. The topological polar surface area (TPSA) is 55.4 Å². The normalized spacial score (nSPS) is 18.1. The SMILES string of the molecule is O=S(=O)(CC1CCCCC1)NCCCOCCBr. The fourth-order valence-corrected chi connectivity index (χ4v) is 4.04. The summed E-state index contributed by atoms with van der Waals surface area (Å²) in [5, 5.41) is 0.820. The van der Waals surface area contributed by atoms with Crippen molar-refractivity contribution < 1.29 is 13.2 Å². The standard InChI is InChI=1S/C12H24BrNO3S/c13-7-10-17-9-4-8-14-18(15,16)11-12-5-2-1-3-6-12/h12,14H,1-11H2. The van der Waals surface area contributed by atoms with Crippen LogP contribution in [0.5, 0.6) is 0 Å². The number of ether oxygens (including phenoxy) is 1. The molecule has 1 aliphatic carbocycles. The van der Waals surface area contributed by atoms with Gasteiger partial charge in [0.25, 0.3) is 0 Å². The van der Waals surface area contributed by atoms with Gasteiger partial charge in [0.15, 0.2) is 0 Å². The minimum Gasteiger partial charge on any atom is -0.381 e. The quantitative estimate of drug-likeness (QED) is 0.517. The second kappa shape index (κ2) is 9.28. The maximum absolute atomic E-state index is 11.8. The maximum atomic E-state index is 11.8. The molecule has 0 aromatic carbocycles. The zero-order chi connectivity index (χ0) is 13.3. The summed E-state index contributed by atoms with van der Waals surface area (Å²) in [5.74, 6) is 0.663. The van der Waals surface area contributed by atoms with E-state index in [2.05, 4.69) is 20.7 Å². The Labute approximate surface area is 119 Å². The molecular weight excluding hydrogens is 318 g/mol. The van der Waals surface area contributed by atoms with Crippen LogP contribution in [0.1, 0.15) is 38.5 Å². The molecule has 6 heteroatoms. The van der Waals surface area contributed by atoms with Crippen molar-refractivity contribution in [1.29, 1.82) is 0 Å². The van der Waals surface area contributed by atoms with E-state index in [0.717, 1.165) is 24.6 Å². The van der Waals surface area contributed by atoms with Crippen LogP contribution in [0.25, 0.3) is 0 Å². The van der Waals surface area contributed by atoms with Crippen LogP contribution < -0.4 is 4.72 Å². The predicted octanol–water partition coefficient (Wildman–Crippen LogP) is 2.29. The highest BCUT2D eigenvalue weighted by Crippen LogP contribution is 2.24. The fourth-order valence-electron chi connectivity index (χ4n) is 2.28. The number of rotatable bonds is 9. The van der Waals surface area contributed by atoms with Crippen LogP contribution in [0.3, 0.4) is 0 Å². The van der Waals surface area contributed by atoms with Gasteiger partial charge in [-0.25, -0.2) is 13.1 Å². The zero-order valence-electron chi connectivity index (χ0n) is 10.9. The van der Waals surface area contributed by atoms with Crippen molar-refractivity contribution in [2.24, 2.45) is 5.92 Å². The van der Waals surface area contributed by atoms with Gasteiger partial charge in [-0.2, -0.15) is 0 Å². The van der Waals surface area contributed by atoms with Crippen LogP contribution in [-0.4, -0.2) is 39.3 Å². The zero-order valence-corrected chi connectivity index (χ0v) is 13.3. The minimum atomic E-state index is -3.09. The van der Waals surface area contributed by atoms with E-state index in [1.807, 2.05) is 0 Å². The fraction of sp³-hybridized carbons (Fsp3) is 1.00. The molecule has 0 aromatic heterocycles. The number of hydrogen-bond donors (Lipinski definition) is 1. The average Bonchev–Trinajstić information content (AvgIpc) is 2.34. The lowest BCUT2D eigenvalue weighted by Crippen LogP contribution is -2.31. The first-order chi connectivity index (χ1) is 8.64. The second-order valence-corrected chi connectivity index (χ2v) is 7.48. The number of sulfonamides is 1. The molecule has 0 amide bonds. The number of hydrogen-bond acceptors (Lipinski definition) is 3. The lowest BCUT2D eigenvalue weighted by Gasteiger charge is -2.21. The van der Waals surface area contributed by atoms with Gasteiger partial charge in [-0.1, -0.05) is 35.2 Å². The molecule has 4 nitrogen and oxygen atoms in total. The Hall–Kier alpha value is 0.350. The van der Waals surface area contributed by atoms with Crippen LogP contribution in [0.4, 0.5) is 0 Å². The van der Waals surface area contributed by atoms with E-state index in [9.17, 15) is 8.42 Å². The highest BCUT2D eigenvalue weighted by Gasteiger charge is 2.20. The Kier molecular flexibility index (Phi) is 8.46. The van der Waals surface area contributed by atoms with Gasteiger partial charge in [-0.3, -0.25) is 0 Å².